The third-order valence-electron chi connectivity index (χ3n) is 3.06. The Bertz CT molecular complexity index is 290. The molecule has 2 atom stereocenters. The van der Waals surface area contributed by atoms with Crippen molar-refractivity contribution in [3.8, 4) is 0 Å². The van der Waals surface area contributed by atoms with E-state index < -0.39 is 5.60 Å². The predicted molar refractivity (Wildman–Crippen MR) is 64.0 cm³/mol. The van der Waals surface area contributed by atoms with Crippen molar-refractivity contribution >= 4 is 12.2 Å². The van der Waals surface area contributed by atoms with E-state index in [-0.39, 0.29) is 24.7 Å². The zero-order chi connectivity index (χ0) is 13.6. The fourth-order valence-electron chi connectivity index (χ4n) is 2.03. The fraction of sp³-hybridized carbons (Fsp3) is 0.833. The molecule has 1 saturated heterocycles. The van der Waals surface area contributed by atoms with E-state index in [1.807, 2.05) is 13.8 Å². The van der Waals surface area contributed by atoms with Gasteiger partial charge in [-0.1, -0.05) is 0 Å². The van der Waals surface area contributed by atoms with E-state index in [1.165, 1.54) is 0 Å². The van der Waals surface area contributed by atoms with Gasteiger partial charge in [0.05, 0.1) is 24.7 Å². The van der Waals surface area contributed by atoms with Crippen LogP contribution in [0.4, 0.5) is 0 Å². The molecule has 0 bridgehead atoms. The maximum atomic E-state index is 11.5. The topological polar surface area (TPSA) is 73.9 Å². The molecule has 104 valence electrons. The first-order valence-corrected chi connectivity index (χ1v) is 5.97. The third kappa shape index (κ3) is 3.76. The van der Waals surface area contributed by atoms with Gasteiger partial charge in [0, 0.05) is 19.6 Å². The number of carbonyl (C=O) groups excluding carboxylic acids is 2. The Balaban J connectivity index is 2.36. The molecule has 0 aliphatic carbocycles. The predicted octanol–water partition coefficient (Wildman–Crippen LogP) is 0.106. The summed E-state index contributed by atoms with van der Waals surface area (Å²) in [5.74, 6) is -0.391. The van der Waals surface area contributed by atoms with Gasteiger partial charge >= 0.3 is 0 Å². The highest BCUT2D eigenvalue weighted by Gasteiger charge is 2.49. The van der Waals surface area contributed by atoms with E-state index >= 15 is 0 Å². The second-order valence-corrected chi connectivity index (χ2v) is 4.76. The van der Waals surface area contributed by atoms with Crippen molar-refractivity contribution in [3.63, 3.8) is 0 Å². The highest BCUT2D eigenvalue weighted by atomic mass is 16.7. The van der Waals surface area contributed by atoms with Gasteiger partial charge in [-0.3, -0.25) is 4.79 Å². The quantitative estimate of drug-likeness (QED) is 0.275. The normalized spacial score (nSPS) is 23.4. The van der Waals surface area contributed by atoms with Gasteiger partial charge < -0.3 is 24.3 Å². The molecule has 1 heterocycles. The van der Waals surface area contributed by atoms with E-state index in [0.29, 0.717) is 19.6 Å². The van der Waals surface area contributed by atoms with Gasteiger partial charge in [0.1, 0.15) is 13.1 Å². The molecule has 1 amide bonds. The minimum Gasteiger partial charge on any atom is -0.382 e. The van der Waals surface area contributed by atoms with E-state index in [4.69, 9.17) is 14.2 Å². The summed E-state index contributed by atoms with van der Waals surface area (Å²) in [6.07, 6.45) is 1.12. The van der Waals surface area contributed by atoms with E-state index in [0.717, 1.165) is 6.29 Å². The number of ether oxygens (including phenoxy) is 3. The van der Waals surface area contributed by atoms with Crippen molar-refractivity contribution in [3.05, 3.63) is 0 Å². The molecule has 0 aromatic carbocycles. The summed E-state index contributed by atoms with van der Waals surface area (Å²) < 4.78 is 15.6. The van der Waals surface area contributed by atoms with Crippen LogP contribution in [0.25, 0.3) is 0 Å². The van der Waals surface area contributed by atoms with Gasteiger partial charge in [-0.25, -0.2) is 0 Å². The molecule has 1 N–H and O–H groups in total. The van der Waals surface area contributed by atoms with Crippen molar-refractivity contribution in [1.82, 2.24) is 5.32 Å². The number of hydrogen-bond donors (Lipinski definition) is 1. The first-order chi connectivity index (χ1) is 8.53. The Morgan fingerprint density at radius 2 is 2.11 bits per heavy atom. The van der Waals surface area contributed by atoms with Crippen molar-refractivity contribution < 1.29 is 23.8 Å². The van der Waals surface area contributed by atoms with Gasteiger partial charge in [-0.2, -0.15) is 0 Å². The van der Waals surface area contributed by atoms with E-state index in [2.05, 4.69) is 5.32 Å². The van der Waals surface area contributed by atoms with E-state index in [1.54, 1.807) is 7.11 Å². The number of hydrogen-bond acceptors (Lipinski definition) is 5. The Hall–Kier alpha value is -0.980. The molecule has 0 aromatic heterocycles. The number of nitrogens with one attached hydrogen (secondary N) is 1. The number of amides is 1. The molecule has 1 fully saturated rings. The molecule has 6 heteroatoms. The number of rotatable bonds is 9. The van der Waals surface area contributed by atoms with Crippen LogP contribution in [0.5, 0.6) is 0 Å². The van der Waals surface area contributed by atoms with Crippen LogP contribution >= 0.6 is 0 Å². The first-order valence-electron chi connectivity index (χ1n) is 5.97. The lowest BCUT2D eigenvalue weighted by Crippen LogP contribution is -2.66. The smallest absolute Gasteiger partial charge is 0.228 e. The number of β-lactam (4-membered cyclic amide) rings is 1. The maximum Gasteiger partial charge on any atom is 0.228 e. The van der Waals surface area contributed by atoms with Crippen LogP contribution in [0, 0.1) is 5.92 Å². The number of aldehydes is 1. The van der Waals surface area contributed by atoms with Crippen LogP contribution in [0.3, 0.4) is 0 Å². The zero-order valence-electron chi connectivity index (χ0n) is 11.1. The lowest BCUT2D eigenvalue weighted by atomic mass is 9.77. The summed E-state index contributed by atoms with van der Waals surface area (Å²) in [6.45, 7) is 4.71. The molecule has 1 aliphatic rings. The van der Waals surface area contributed by atoms with Crippen molar-refractivity contribution in [2.75, 3.05) is 27.1 Å². The molecule has 1 rings (SSSR count). The summed E-state index contributed by atoms with van der Waals surface area (Å²) >= 11 is 0. The Morgan fingerprint density at radius 3 is 2.67 bits per heavy atom. The molecule has 0 unspecified atom stereocenters. The average molecular weight is 259 g/mol. The summed E-state index contributed by atoms with van der Waals surface area (Å²) in [5.41, 5.74) is -0.650. The standard InChI is InChI=1S/C12H21NO5/c1-12(2,18-8-17-7-6-16-3)10-9(4-5-14)13-11(10)15/h5,9-10H,4,6-8H2,1-3H3,(H,13,15)/t9-,10+/m1/s1. The molecule has 0 aromatic rings. The summed E-state index contributed by atoms with van der Waals surface area (Å²) in [7, 11) is 1.59. The second-order valence-electron chi connectivity index (χ2n) is 4.76. The lowest BCUT2D eigenvalue weighted by Gasteiger charge is -2.45. The zero-order valence-corrected chi connectivity index (χ0v) is 11.1. The third-order valence-corrected chi connectivity index (χ3v) is 3.06. The molecular weight excluding hydrogens is 238 g/mol. The monoisotopic (exact) mass is 259 g/mol. The molecule has 0 spiro atoms. The van der Waals surface area contributed by atoms with Crippen molar-refractivity contribution in [2.45, 2.75) is 31.9 Å². The van der Waals surface area contributed by atoms with Gasteiger partial charge in [0.25, 0.3) is 0 Å². The Morgan fingerprint density at radius 1 is 1.39 bits per heavy atom. The highest BCUT2D eigenvalue weighted by molar-refractivity contribution is 5.87. The van der Waals surface area contributed by atoms with Crippen LogP contribution in [-0.4, -0.2) is 51.0 Å². The van der Waals surface area contributed by atoms with Gasteiger partial charge in [-0.15, -0.1) is 0 Å². The maximum absolute atomic E-state index is 11.5. The lowest BCUT2D eigenvalue weighted by molar-refractivity contribution is -0.180. The van der Waals surface area contributed by atoms with Gasteiger partial charge in [0.2, 0.25) is 5.91 Å². The van der Waals surface area contributed by atoms with Crippen LogP contribution in [0.1, 0.15) is 20.3 Å². The molecule has 1 aliphatic heterocycles. The van der Waals surface area contributed by atoms with Crippen molar-refractivity contribution in [1.29, 1.82) is 0 Å². The van der Waals surface area contributed by atoms with Crippen molar-refractivity contribution in [2.24, 2.45) is 5.92 Å². The minimum absolute atomic E-state index is 0.0799. The molecular formula is C12H21NO5. The Labute approximate surface area is 107 Å². The van der Waals surface area contributed by atoms with Crippen LogP contribution < -0.4 is 5.32 Å². The van der Waals surface area contributed by atoms with Gasteiger partial charge in [0.15, 0.2) is 0 Å². The average Bonchev–Trinajstić information content (AvgIpc) is 2.27. The van der Waals surface area contributed by atoms with Gasteiger partial charge in [-0.05, 0) is 13.8 Å². The number of methoxy groups -OCH3 is 1. The number of carbonyl (C=O) groups is 2. The first kappa shape index (κ1) is 15.1. The van der Waals surface area contributed by atoms with Crippen LogP contribution in [0.15, 0.2) is 0 Å². The SMILES string of the molecule is COCCOCOC(C)(C)[C@@H]1C(=O)N[C@@H]1CC=O. The second kappa shape index (κ2) is 6.82. The highest BCUT2D eigenvalue weighted by Crippen LogP contribution is 2.31. The van der Waals surface area contributed by atoms with Crippen LogP contribution in [-0.2, 0) is 23.8 Å². The molecule has 0 saturated carbocycles. The molecule has 0 radical (unpaired) electrons. The summed E-state index contributed by atoms with van der Waals surface area (Å²) in [4.78, 5) is 22.0. The molecule has 18 heavy (non-hydrogen) atoms. The summed E-state index contributed by atoms with van der Waals surface area (Å²) in [6, 6.07) is -0.135. The minimum atomic E-state index is -0.650. The fourth-order valence-corrected chi connectivity index (χ4v) is 2.03. The van der Waals surface area contributed by atoms with E-state index in [9.17, 15) is 9.59 Å². The summed E-state index contributed by atoms with van der Waals surface area (Å²) in [5, 5.41) is 2.70. The largest absolute Gasteiger partial charge is 0.382 e. The Kier molecular flexibility index (Phi) is 5.71. The molecule has 6 nitrogen and oxygen atoms in total. The van der Waals surface area contributed by atoms with Crippen LogP contribution in [0.2, 0.25) is 0 Å².